The summed E-state index contributed by atoms with van der Waals surface area (Å²) in [5.41, 5.74) is 1.88. The van der Waals surface area contributed by atoms with Crippen LogP contribution in [0.15, 0.2) is 18.2 Å². The largest absolute Gasteiger partial charge is 0.198 e. The number of nitrogens with zero attached hydrogens (tertiary/aromatic N) is 3. The lowest BCUT2D eigenvalue weighted by Crippen LogP contribution is -1.79. The summed E-state index contributed by atoms with van der Waals surface area (Å²) >= 11 is 1.37. The van der Waals surface area contributed by atoms with E-state index >= 15 is 0 Å². The zero-order chi connectivity index (χ0) is 8.39. The number of aromatic nitrogens is 2. The molecular formula is C8H5N3S. The van der Waals surface area contributed by atoms with Gasteiger partial charge in [0, 0.05) is 0 Å². The molecule has 0 saturated carbocycles. The molecule has 0 spiro atoms. The van der Waals surface area contributed by atoms with E-state index < -0.39 is 0 Å². The monoisotopic (exact) mass is 175 g/mol. The summed E-state index contributed by atoms with van der Waals surface area (Å²) in [7, 11) is 0. The number of hydrogen-bond donors (Lipinski definition) is 0. The molecule has 3 nitrogen and oxygen atoms in total. The fourth-order valence-electron chi connectivity index (χ4n) is 1.03. The standard InChI is InChI=1S/C8H5N3S/c9-4-3-6-1-2-8-7(5-6)10-11-12-8/h1-2,5H,3H2. The molecule has 4 heteroatoms. The third kappa shape index (κ3) is 1.15. The number of benzene rings is 1. The van der Waals surface area contributed by atoms with Gasteiger partial charge in [-0.1, -0.05) is 10.6 Å². The first-order valence-corrected chi connectivity index (χ1v) is 4.25. The third-order valence-corrected chi connectivity index (χ3v) is 2.30. The highest BCUT2D eigenvalue weighted by molar-refractivity contribution is 7.12. The van der Waals surface area contributed by atoms with Gasteiger partial charge in [0.1, 0.15) is 5.52 Å². The minimum Gasteiger partial charge on any atom is -0.198 e. The first kappa shape index (κ1) is 7.19. The lowest BCUT2D eigenvalue weighted by Gasteiger charge is -1.91. The molecule has 2 rings (SSSR count). The third-order valence-electron chi connectivity index (χ3n) is 1.59. The highest BCUT2D eigenvalue weighted by Gasteiger charge is 1.98. The van der Waals surface area contributed by atoms with E-state index in [0.717, 1.165) is 15.8 Å². The van der Waals surface area contributed by atoms with Crippen LogP contribution in [-0.4, -0.2) is 9.59 Å². The Kier molecular flexibility index (Phi) is 1.72. The summed E-state index contributed by atoms with van der Waals surface area (Å²) in [5, 5.41) is 12.4. The molecule has 0 aliphatic rings. The highest BCUT2D eigenvalue weighted by Crippen LogP contribution is 2.16. The van der Waals surface area contributed by atoms with Crippen LogP contribution < -0.4 is 0 Å². The van der Waals surface area contributed by atoms with Crippen LogP contribution in [0.2, 0.25) is 0 Å². The summed E-state index contributed by atoms with van der Waals surface area (Å²) in [6.45, 7) is 0. The van der Waals surface area contributed by atoms with Crippen molar-refractivity contribution in [3.05, 3.63) is 23.8 Å². The second-order valence-corrected chi connectivity index (χ2v) is 3.20. The van der Waals surface area contributed by atoms with Crippen LogP contribution in [-0.2, 0) is 6.42 Å². The Bertz CT molecular complexity index is 441. The van der Waals surface area contributed by atoms with Crippen molar-refractivity contribution in [1.82, 2.24) is 9.59 Å². The fraction of sp³-hybridized carbons (Fsp3) is 0.125. The van der Waals surface area contributed by atoms with Gasteiger partial charge in [0.15, 0.2) is 0 Å². The molecule has 0 bridgehead atoms. The SMILES string of the molecule is N#CCc1ccc2snnc2c1. The Morgan fingerprint density at radius 3 is 3.25 bits per heavy atom. The topological polar surface area (TPSA) is 49.6 Å². The summed E-state index contributed by atoms with van der Waals surface area (Å²) in [6.07, 6.45) is 0.438. The molecule has 0 aliphatic carbocycles. The number of fused-ring (bicyclic) bond motifs is 1. The van der Waals surface area contributed by atoms with Crippen LogP contribution in [0.1, 0.15) is 5.56 Å². The average molecular weight is 175 g/mol. The van der Waals surface area contributed by atoms with Crippen molar-refractivity contribution in [2.45, 2.75) is 6.42 Å². The Labute approximate surface area is 73.4 Å². The molecule has 0 aliphatic heterocycles. The van der Waals surface area contributed by atoms with Gasteiger partial charge in [-0.25, -0.2) is 0 Å². The first-order chi connectivity index (χ1) is 5.90. The van der Waals surface area contributed by atoms with E-state index in [4.69, 9.17) is 5.26 Å². The van der Waals surface area contributed by atoms with Crippen LogP contribution in [0.5, 0.6) is 0 Å². The zero-order valence-corrected chi connectivity index (χ0v) is 7.01. The summed E-state index contributed by atoms with van der Waals surface area (Å²) in [6, 6.07) is 7.89. The van der Waals surface area contributed by atoms with Crippen molar-refractivity contribution in [1.29, 1.82) is 5.26 Å². The van der Waals surface area contributed by atoms with Crippen LogP contribution in [0.3, 0.4) is 0 Å². The van der Waals surface area contributed by atoms with Gasteiger partial charge in [0.25, 0.3) is 0 Å². The molecule has 58 valence electrons. The van der Waals surface area contributed by atoms with Crippen LogP contribution >= 0.6 is 11.5 Å². The quantitative estimate of drug-likeness (QED) is 0.663. The molecule has 0 atom stereocenters. The van der Waals surface area contributed by atoms with Gasteiger partial charge in [0.2, 0.25) is 0 Å². The van der Waals surface area contributed by atoms with Gasteiger partial charge in [-0.15, -0.1) is 5.10 Å². The highest BCUT2D eigenvalue weighted by atomic mass is 32.1. The number of nitriles is 1. The minimum atomic E-state index is 0.438. The summed E-state index contributed by atoms with van der Waals surface area (Å²) in [5.74, 6) is 0. The fourth-order valence-corrected chi connectivity index (χ4v) is 1.57. The smallest absolute Gasteiger partial charge is 0.106 e. The van der Waals surface area contributed by atoms with E-state index in [9.17, 15) is 0 Å². The Morgan fingerprint density at radius 2 is 2.42 bits per heavy atom. The predicted molar refractivity (Wildman–Crippen MR) is 46.7 cm³/mol. The molecule has 1 aromatic carbocycles. The van der Waals surface area contributed by atoms with E-state index in [2.05, 4.69) is 15.7 Å². The maximum Gasteiger partial charge on any atom is 0.106 e. The van der Waals surface area contributed by atoms with Crippen LogP contribution in [0.4, 0.5) is 0 Å². The number of hydrogen-bond acceptors (Lipinski definition) is 4. The lowest BCUT2D eigenvalue weighted by atomic mass is 10.2. The Balaban J connectivity index is 2.54. The molecular weight excluding hydrogens is 170 g/mol. The molecule has 0 fully saturated rings. The summed E-state index contributed by atoms with van der Waals surface area (Å²) in [4.78, 5) is 0. The van der Waals surface area contributed by atoms with E-state index in [1.165, 1.54) is 11.5 Å². The van der Waals surface area contributed by atoms with E-state index in [-0.39, 0.29) is 0 Å². The molecule has 2 aromatic rings. The maximum absolute atomic E-state index is 8.46. The zero-order valence-electron chi connectivity index (χ0n) is 6.19. The second-order valence-electron chi connectivity index (χ2n) is 2.41. The molecule has 0 unspecified atom stereocenters. The van der Waals surface area contributed by atoms with Crippen molar-refractivity contribution < 1.29 is 0 Å². The van der Waals surface area contributed by atoms with Gasteiger partial charge in [0.05, 0.1) is 17.2 Å². The van der Waals surface area contributed by atoms with Gasteiger partial charge in [-0.2, -0.15) is 5.26 Å². The maximum atomic E-state index is 8.46. The summed E-state index contributed by atoms with van der Waals surface area (Å²) < 4.78 is 4.88. The van der Waals surface area contributed by atoms with Gasteiger partial charge < -0.3 is 0 Å². The molecule has 12 heavy (non-hydrogen) atoms. The normalized spacial score (nSPS) is 9.92. The van der Waals surface area contributed by atoms with E-state index in [0.29, 0.717) is 6.42 Å². The first-order valence-electron chi connectivity index (χ1n) is 3.48. The Morgan fingerprint density at radius 1 is 1.50 bits per heavy atom. The molecule has 0 N–H and O–H groups in total. The molecule has 0 amide bonds. The minimum absolute atomic E-state index is 0.438. The Hall–Kier alpha value is -1.47. The molecule has 1 aromatic heterocycles. The number of rotatable bonds is 1. The molecule has 1 heterocycles. The van der Waals surface area contributed by atoms with Crippen molar-refractivity contribution in [2.24, 2.45) is 0 Å². The van der Waals surface area contributed by atoms with Crippen molar-refractivity contribution in [2.75, 3.05) is 0 Å². The van der Waals surface area contributed by atoms with Crippen LogP contribution in [0, 0.1) is 11.3 Å². The molecule has 0 saturated heterocycles. The predicted octanol–water partition coefficient (Wildman–Crippen LogP) is 1.76. The lowest BCUT2D eigenvalue weighted by molar-refractivity contribution is 1.19. The van der Waals surface area contributed by atoms with Crippen molar-refractivity contribution in [3.63, 3.8) is 0 Å². The van der Waals surface area contributed by atoms with Crippen molar-refractivity contribution in [3.8, 4) is 6.07 Å². The second kappa shape index (κ2) is 2.88. The van der Waals surface area contributed by atoms with E-state index in [1.54, 1.807) is 0 Å². The van der Waals surface area contributed by atoms with Crippen molar-refractivity contribution >= 4 is 21.7 Å². The average Bonchev–Trinajstić information content (AvgIpc) is 2.51. The van der Waals surface area contributed by atoms with Gasteiger partial charge in [-0.3, -0.25) is 0 Å². The van der Waals surface area contributed by atoms with Crippen LogP contribution in [0.25, 0.3) is 10.2 Å². The van der Waals surface area contributed by atoms with Gasteiger partial charge in [-0.05, 0) is 29.2 Å². The van der Waals surface area contributed by atoms with E-state index in [1.807, 2.05) is 18.2 Å². The van der Waals surface area contributed by atoms with Gasteiger partial charge >= 0.3 is 0 Å². The molecule has 0 radical (unpaired) electrons.